The minimum Gasteiger partial charge on any atom is -0.497 e. The van der Waals surface area contributed by atoms with Crippen molar-refractivity contribution in [1.82, 2.24) is 4.90 Å². The van der Waals surface area contributed by atoms with Gasteiger partial charge in [-0.2, -0.15) is 0 Å². The summed E-state index contributed by atoms with van der Waals surface area (Å²) < 4.78 is 15.9. The largest absolute Gasteiger partial charge is 0.497 e. The molecule has 0 aliphatic carbocycles. The van der Waals surface area contributed by atoms with Crippen LogP contribution < -0.4 is 4.74 Å². The summed E-state index contributed by atoms with van der Waals surface area (Å²) >= 11 is 0. The average Bonchev–Trinajstić information content (AvgIpc) is 3.24. The molecule has 1 aliphatic rings. The van der Waals surface area contributed by atoms with Crippen LogP contribution in [-0.4, -0.2) is 31.6 Å². The van der Waals surface area contributed by atoms with E-state index in [0.29, 0.717) is 18.1 Å². The number of furan rings is 1. The number of benzene rings is 1. The molecule has 1 amide bonds. The van der Waals surface area contributed by atoms with Gasteiger partial charge in [0.15, 0.2) is 5.76 Å². The van der Waals surface area contributed by atoms with Crippen LogP contribution in [0.3, 0.4) is 0 Å². The highest BCUT2D eigenvalue weighted by Crippen LogP contribution is 2.34. The van der Waals surface area contributed by atoms with E-state index in [1.165, 1.54) is 0 Å². The Morgan fingerprint density at radius 1 is 1.30 bits per heavy atom. The molecule has 5 heteroatoms. The van der Waals surface area contributed by atoms with Crippen LogP contribution in [0, 0.1) is 0 Å². The fourth-order valence-electron chi connectivity index (χ4n) is 3.06. The number of ether oxygens (including phenoxy) is 2. The van der Waals surface area contributed by atoms with Crippen LogP contribution in [-0.2, 0) is 11.3 Å². The van der Waals surface area contributed by atoms with E-state index in [4.69, 9.17) is 13.9 Å². The Morgan fingerprint density at radius 3 is 2.96 bits per heavy atom. The molecule has 0 N–H and O–H groups in total. The highest BCUT2D eigenvalue weighted by Gasteiger charge is 2.32. The van der Waals surface area contributed by atoms with Gasteiger partial charge in [0.25, 0.3) is 5.91 Å². The second-order valence-electron chi connectivity index (χ2n) is 5.63. The van der Waals surface area contributed by atoms with E-state index in [0.717, 1.165) is 30.7 Å². The number of hydrogen-bond donors (Lipinski definition) is 0. The molecule has 0 unspecified atom stereocenters. The third kappa shape index (κ3) is 3.24. The quantitative estimate of drug-likeness (QED) is 0.848. The third-order valence-corrected chi connectivity index (χ3v) is 4.15. The van der Waals surface area contributed by atoms with Crippen molar-refractivity contribution in [3.8, 4) is 5.75 Å². The Bertz CT molecular complexity index is 679. The SMILES string of the molecule is COCc1ccc(C(=O)N2CCC[C@@H]2c2cccc(OC)c2)o1. The molecule has 0 saturated carbocycles. The number of methoxy groups -OCH3 is 2. The van der Waals surface area contributed by atoms with E-state index in [9.17, 15) is 4.79 Å². The molecule has 2 heterocycles. The highest BCUT2D eigenvalue weighted by molar-refractivity contribution is 5.92. The lowest BCUT2D eigenvalue weighted by Gasteiger charge is -2.24. The number of amides is 1. The van der Waals surface area contributed by atoms with Gasteiger partial charge in [-0.15, -0.1) is 0 Å². The molecule has 1 aromatic heterocycles. The van der Waals surface area contributed by atoms with Crippen LogP contribution in [0.15, 0.2) is 40.8 Å². The molecule has 0 bridgehead atoms. The molecule has 1 aliphatic heterocycles. The van der Waals surface area contributed by atoms with Crippen molar-refractivity contribution in [3.63, 3.8) is 0 Å². The van der Waals surface area contributed by atoms with Crippen LogP contribution in [0.5, 0.6) is 5.75 Å². The zero-order valence-electron chi connectivity index (χ0n) is 13.5. The van der Waals surface area contributed by atoms with Gasteiger partial charge in [0, 0.05) is 13.7 Å². The lowest BCUT2D eigenvalue weighted by molar-refractivity contribution is 0.0695. The monoisotopic (exact) mass is 315 g/mol. The Morgan fingerprint density at radius 2 is 2.17 bits per heavy atom. The van der Waals surface area contributed by atoms with Crippen molar-refractivity contribution in [2.45, 2.75) is 25.5 Å². The lowest BCUT2D eigenvalue weighted by Crippen LogP contribution is -2.30. The highest BCUT2D eigenvalue weighted by atomic mass is 16.5. The summed E-state index contributed by atoms with van der Waals surface area (Å²) in [6.45, 7) is 1.10. The van der Waals surface area contributed by atoms with Crippen LogP contribution in [0.1, 0.15) is 40.8 Å². The Labute approximate surface area is 135 Å². The van der Waals surface area contributed by atoms with Crippen molar-refractivity contribution < 1.29 is 18.7 Å². The lowest BCUT2D eigenvalue weighted by atomic mass is 10.0. The topological polar surface area (TPSA) is 51.9 Å². The summed E-state index contributed by atoms with van der Waals surface area (Å²) in [4.78, 5) is 14.6. The van der Waals surface area contributed by atoms with Crippen molar-refractivity contribution >= 4 is 5.91 Å². The summed E-state index contributed by atoms with van der Waals surface area (Å²) in [7, 11) is 3.25. The standard InChI is InChI=1S/C18H21NO4/c1-21-12-15-8-9-17(23-15)18(20)19-10-4-7-16(19)13-5-3-6-14(11-13)22-2/h3,5-6,8-9,11,16H,4,7,10,12H2,1-2H3/t16-/m1/s1. The van der Waals surface area contributed by atoms with E-state index in [2.05, 4.69) is 0 Å². The van der Waals surface area contributed by atoms with E-state index in [1.807, 2.05) is 29.2 Å². The molecule has 3 rings (SSSR count). The van der Waals surface area contributed by atoms with Crippen LogP contribution >= 0.6 is 0 Å². The van der Waals surface area contributed by atoms with Gasteiger partial charge in [-0.1, -0.05) is 12.1 Å². The van der Waals surface area contributed by atoms with Gasteiger partial charge < -0.3 is 18.8 Å². The normalized spacial score (nSPS) is 17.5. The zero-order valence-corrected chi connectivity index (χ0v) is 13.5. The van der Waals surface area contributed by atoms with Crippen molar-refractivity contribution in [2.75, 3.05) is 20.8 Å². The molecule has 1 saturated heterocycles. The maximum Gasteiger partial charge on any atom is 0.290 e. The zero-order chi connectivity index (χ0) is 16.2. The number of hydrogen-bond acceptors (Lipinski definition) is 4. The van der Waals surface area contributed by atoms with Gasteiger partial charge in [-0.3, -0.25) is 4.79 Å². The summed E-state index contributed by atoms with van der Waals surface area (Å²) in [6, 6.07) is 11.5. The Balaban J connectivity index is 1.81. The van der Waals surface area contributed by atoms with E-state index in [1.54, 1.807) is 26.4 Å². The fraction of sp³-hybridized carbons (Fsp3) is 0.389. The van der Waals surface area contributed by atoms with E-state index < -0.39 is 0 Å². The second-order valence-corrected chi connectivity index (χ2v) is 5.63. The molecular weight excluding hydrogens is 294 g/mol. The van der Waals surface area contributed by atoms with Gasteiger partial charge in [0.05, 0.1) is 13.2 Å². The van der Waals surface area contributed by atoms with Crippen LogP contribution in [0.25, 0.3) is 0 Å². The molecule has 1 fully saturated rings. The maximum absolute atomic E-state index is 12.8. The smallest absolute Gasteiger partial charge is 0.290 e. The molecule has 2 aromatic rings. The Hall–Kier alpha value is -2.27. The molecule has 1 aromatic carbocycles. The van der Waals surface area contributed by atoms with Crippen molar-refractivity contribution in [2.24, 2.45) is 0 Å². The molecule has 23 heavy (non-hydrogen) atoms. The van der Waals surface area contributed by atoms with E-state index >= 15 is 0 Å². The average molecular weight is 315 g/mol. The minimum absolute atomic E-state index is 0.0635. The summed E-state index contributed by atoms with van der Waals surface area (Å²) in [5.41, 5.74) is 1.10. The number of carbonyl (C=O) groups excluding carboxylic acids is 1. The minimum atomic E-state index is -0.0716. The van der Waals surface area contributed by atoms with Crippen LogP contribution in [0.2, 0.25) is 0 Å². The van der Waals surface area contributed by atoms with Gasteiger partial charge in [-0.25, -0.2) is 0 Å². The number of rotatable bonds is 5. The number of nitrogens with zero attached hydrogens (tertiary/aromatic N) is 1. The van der Waals surface area contributed by atoms with Crippen molar-refractivity contribution in [3.05, 3.63) is 53.5 Å². The number of likely N-dealkylation sites (tertiary alicyclic amines) is 1. The van der Waals surface area contributed by atoms with Gasteiger partial charge in [0.1, 0.15) is 18.1 Å². The van der Waals surface area contributed by atoms with Gasteiger partial charge in [0.2, 0.25) is 0 Å². The van der Waals surface area contributed by atoms with E-state index in [-0.39, 0.29) is 11.9 Å². The first-order valence-electron chi connectivity index (χ1n) is 7.75. The number of carbonyl (C=O) groups is 1. The fourth-order valence-corrected chi connectivity index (χ4v) is 3.06. The summed E-state index contributed by atoms with van der Waals surface area (Å²) in [5.74, 6) is 1.76. The molecule has 122 valence electrons. The van der Waals surface area contributed by atoms with Crippen molar-refractivity contribution in [1.29, 1.82) is 0 Å². The van der Waals surface area contributed by atoms with Gasteiger partial charge in [-0.05, 0) is 42.7 Å². The predicted octanol–water partition coefficient (Wildman–Crippen LogP) is 3.41. The second kappa shape index (κ2) is 6.87. The summed E-state index contributed by atoms with van der Waals surface area (Å²) in [6.07, 6.45) is 1.93. The molecular formula is C18H21NO4. The molecule has 0 radical (unpaired) electrons. The summed E-state index contributed by atoms with van der Waals surface area (Å²) in [5, 5.41) is 0. The first-order valence-corrected chi connectivity index (χ1v) is 7.75. The predicted molar refractivity (Wildman–Crippen MR) is 85.4 cm³/mol. The van der Waals surface area contributed by atoms with Gasteiger partial charge >= 0.3 is 0 Å². The first-order chi connectivity index (χ1) is 11.2. The first kappa shape index (κ1) is 15.6. The Kier molecular flexibility index (Phi) is 4.67. The molecule has 5 nitrogen and oxygen atoms in total. The molecule has 0 spiro atoms. The van der Waals surface area contributed by atoms with Crippen LogP contribution in [0.4, 0.5) is 0 Å². The third-order valence-electron chi connectivity index (χ3n) is 4.15. The maximum atomic E-state index is 12.8. The molecule has 1 atom stereocenters.